The summed E-state index contributed by atoms with van der Waals surface area (Å²) in [5, 5.41) is 13.5. The Kier molecular flexibility index (Phi) is 5.64. The maximum absolute atomic E-state index is 13.3. The van der Waals surface area contributed by atoms with E-state index in [0.717, 1.165) is 42.0 Å². The molecule has 2 aromatic carbocycles. The van der Waals surface area contributed by atoms with Crippen LogP contribution in [0.5, 0.6) is 0 Å². The van der Waals surface area contributed by atoms with E-state index in [0.29, 0.717) is 23.5 Å². The fourth-order valence-electron chi connectivity index (χ4n) is 5.47. The fourth-order valence-corrected chi connectivity index (χ4v) is 5.47. The topological polar surface area (TPSA) is 44.3 Å². The molecule has 1 aromatic heterocycles. The summed E-state index contributed by atoms with van der Waals surface area (Å²) in [5.74, 6) is 0.586. The van der Waals surface area contributed by atoms with E-state index in [1.54, 1.807) is 12.3 Å². The minimum atomic E-state index is -4.37. The third-order valence-electron chi connectivity index (χ3n) is 7.26. The van der Waals surface area contributed by atoms with E-state index in [2.05, 4.69) is 50.6 Å². The minimum Gasteiger partial charge on any atom is -0.367 e. The highest BCUT2D eigenvalue weighted by molar-refractivity contribution is 5.93. The lowest BCUT2D eigenvalue weighted by molar-refractivity contribution is -0.138. The standard InChI is InChI=1S/C25H28F3N5/c1-16-17(5-3-6-21(16)25(26,27)28)14-29-24-20-13-19(9-8-18(20)15-30-31-24)33-12-10-22-23(33)7-4-11-32(22)2/h3,5-6,8-9,13,15,22-23H,4,7,10-12,14H2,1-2H3,(H,29,31). The van der Waals surface area contributed by atoms with Crippen molar-refractivity contribution in [1.82, 2.24) is 15.1 Å². The Balaban J connectivity index is 1.42. The van der Waals surface area contributed by atoms with Gasteiger partial charge in [-0.15, -0.1) is 5.10 Å². The maximum Gasteiger partial charge on any atom is 0.416 e. The molecule has 2 unspecified atom stereocenters. The number of alkyl halides is 3. The second-order valence-electron chi connectivity index (χ2n) is 9.15. The maximum atomic E-state index is 13.3. The van der Waals surface area contributed by atoms with Gasteiger partial charge in [-0.1, -0.05) is 18.2 Å². The van der Waals surface area contributed by atoms with Crippen molar-refractivity contribution in [2.24, 2.45) is 0 Å². The van der Waals surface area contributed by atoms with E-state index in [1.807, 2.05) is 0 Å². The Hall–Kier alpha value is -2.87. The van der Waals surface area contributed by atoms with Crippen molar-refractivity contribution in [2.45, 2.75) is 51.0 Å². The molecule has 0 radical (unpaired) electrons. The zero-order valence-electron chi connectivity index (χ0n) is 18.9. The first kappa shape index (κ1) is 21.9. The zero-order valence-corrected chi connectivity index (χ0v) is 18.9. The number of nitrogens with one attached hydrogen (secondary N) is 1. The van der Waals surface area contributed by atoms with Gasteiger partial charge in [0, 0.05) is 41.6 Å². The van der Waals surface area contributed by atoms with Gasteiger partial charge in [-0.2, -0.15) is 18.3 Å². The van der Waals surface area contributed by atoms with Crippen molar-refractivity contribution < 1.29 is 13.2 Å². The number of likely N-dealkylation sites (N-methyl/N-ethyl adjacent to an activating group) is 1. The zero-order chi connectivity index (χ0) is 23.2. The SMILES string of the molecule is Cc1c(CNc2nncc3ccc(N4CCC5C4CCCN5C)cc23)cccc1C(F)(F)F. The average molecular weight is 456 g/mol. The quantitative estimate of drug-likeness (QED) is 0.583. The summed E-state index contributed by atoms with van der Waals surface area (Å²) in [6.07, 6.45) is 0.918. The van der Waals surface area contributed by atoms with Crippen molar-refractivity contribution in [3.63, 3.8) is 0 Å². The molecule has 5 rings (SSSR count). The molecule has 2 saturated heterocycles. The Labute approximate surface area is 191 Å². The van der Waals surface area contributed by atoms with Crippen LogP contribution in [0, 0.1) is 6.92 Å². The van der Waals surface area contributed by atoms with Crippen LogP contribution in [0.25, 0.3) is 10.8 Å². The molecule has 0 saturated carbocycles. The Bertz CT molecular complexity index is 1160. The van der Waals surface area contributed by atoms with Gasteiger partial charge in [0.05, 0.1) is 11.8 Å². The van der Waals surface area contributed by atoms with Crippen LogP contribution in [0.1, 0.15) is 36.0 Å². The highest BCUT2D eigenvalue weighted by atomic mass is 19.4. The third-order valence-corrected chi connectivity index (χ3v) is 7.26. The number of hydrogen-bond acceptors (Lipinski definition) is 5. The van der Waals surface area contributed by atoms with E-state index in [1.165, 1.54) is 25.8 Å². The third kappa shape index (κ3) is 4.12. The second-order valence-corrected chi connectivity index (χ2v) is 9.15. The second kappa shape index (κ2) is 8.48. The average Bonchev–Trinajstić information content (AvgIpc) is 3.23. The lowest BCUT2D eigenvalue weighted by atomic mass is 9.97. The van der Waals surface area contributed by atoms with Gasteiger partial charge in [-0.05, 0) is 69.1 Å². The molecule has 174 valence electrons. The minimum absolute atomic E-state index is 0.232. The van der Waals surface area contributed by atoms with Crippen LogP contribution in [0.3, 0.4) is 0 Å². The highest BCUT2D eigenvalue weighted by Crippen LogP contribution is 2.36. The Morgan fingerprint density at radius 2 is 1.94 bits per heavy atom. The van der Waals surface area contributed by atoms with E-state index < -0.39 is 11.7 Å². The molecule has 3 aromatic rings. The number of fused-ring (bicyclic) bond motifs is 2. The van der Waals surface area contributed by atoms with Gasteiger partial charge in [0.1, 0.15) is 0 Å². The molecule has 0 amide bonds. The van der Waals surface area contributed by atoms with Gasteiger partial charge in [0.2, 0.25) is 0 Å². The van der Waals surface area contributed by atoms with Crippen molar-refractivity contribution in [3.05, 3.63) is 59.3 Å². The lowest BCUT2D eigenvalue weighted by Gasteiger charge is -2.38. The highest BCUT2D eigenvalue weighted by Gasteiger charge is 2.38. The summed E-state index contributed by atoms with van der Waals surface area (Å²) in [5.41, 5.74) is 1.38. The number of nitrogens with zero attached hydrogens (tertiary/aromatic N) is 4. The van der Waals surface area contributed by atoms with Crippen molar-refractivity contribution in [2.75, 3.05) is 30.4 Å². The summed E-state index contributed by atoms with van der Waals surface area (Å²) in [6.45, 7) is 3.94. The van der Waals surface area contributed by atoms with Crippen LogP contribution in [0.2, 0.25) is 0 Å². The predicted octanol–water partition coefficient (Wildman–Crippen LogP) is 5.24. The molecule has 0 spiro atoms. The largest absolute Gasteiger partial charge is 0.416 e. The summed E-state index contributed by atoms with van der Waals surface area (Å²) >= 11 is 0. The van der Waals surface area contributed by atoms with Crippen LogP contribution in [0.15, 0.2) is 42.6 Å². The molecule has 1 N–H and O–H groups in total. The van der Waals surface area contributed by atoms with Crippen LogP contribution >= 0.6 is 0 Å². The fraction of sp³-hybridized carbons (Fsp3) is 0.440. The van der Waals surface area contributed by atoms with Crippen LogP contribution in [-0.4, -0.2) is 47.3 Å². The number of hydrogen-bond donors (Lipinski definition) is 1. The number of anilines is 2. The smallest absolute Gasteiger partial charge is 0.367 e. The van der Waals surface area contributed by atoms with Gasteiger partial charge in [0.15, 0.2) is 5.82 Å². The first-order valence-electron chi connectivity index (χ1n) is 11.4. The first-order valence-corrected chi connectivity index (χ1v) is 11.4. The number of halogens is 3. The monoisotopic (exact) mass is 455 g/mol. The summed E-state index contributed by atoms with van der Waals surface area (Å²) in [4.78, 5) is 4.98. The molecule has 2 atom stereocenters. The molecule has 3 heterocycles. The van der Waals surface area contributed by atoms with Crippen LogP contribution in [0.4, 0.5) is 24.7 Å². The summed E-state index contributed by atoms with van der Waals surface area (Å²) in [6, 6.07) is 11.7. The molecule has 2 aliphatic heterocycles. The Morgan fingerprint density at radius 1 is 1.09 bits per heavy atom. The van der Waals surface area contributed by atoms with Crippen molar-refractivity contribution >= 4 is 22.3 Å². The number of piperidine rings is 1. The lowest BCUT2D eigenvalue weighted by Crippen LogP contribution is -2.47. The van der Waals surface area contributed by atoms with Gasteiger partial charge >= 0.3 is 6.18 Å². The molecule has 8 heteroatoms. The number of benzene rings is 2. The van der Waals surface area contributed by atoms with E-state index >= 15 is 0 Å². The van der Waals surface area contributed by atoms with E-state index in [-0.39, 0.29) is 12.1 Å². The van der Waals surface area contributed by atoms with Gasteiger partial charge < -0.3 is 15.1 Å². The molecule has 2 aliphatic rings. The van der Waals surface area contributed by atoms with Gasteiger partial charge in [0.25, 0.3) is 0 Å². The number of likely N-dealkylation sites (tertiary alicyclic amines) is 1. The Morgan fingerprint density at radius 3 is 2.76 bits per heavy atom. The summed E-state index contributed by atoms with van der Waals surface area (Å²) in [7, 11) is 2.22. The molecule has 33 heavy (non-hydrogen) atoms. The molecule has 5 nitrogen and oxygen atoms in total. The molecule has 0 aliphatic carbocycles. The van der Waals surface area contributed by atoms with Crippen LogP contribution < -0.4 is 10.2 Å². The molecule has 0 bridgehead atoms. The number of rotatable bonds is 4. The predicted molar refractivity (Wildman–Crippen MR) is 124 cm³/mol. The van der Waals surface area contributed by atoms with Gasteiger partial charge in [-0.25, -0.2) is 0 Å². The van der Waals surface area contributed by atoms with E-state index in [9.17, 15) is 13.2 Å². The molecular weight excluding hydrogens is 427 g/mol. The molecule has 2 fully saturated rings. The van der Waals surface area contributed by atoms with Gasteiger partial charge in [-0.3, -0.25) is 0 Å². The number of aromatic nitrogens is 2. The van der Waals surface area contributed by atoms with Crippen LogP contribution in [-0.2, 0) is 12.7 Å². The molecular formula is C25H28F3N5. The summed E-state index contributed by atoms with van der Waals surface area (Å²) < 4.78 is 39.9. The first-order chi connectivity index (χ1) is 15.8. The normalized spacial score (nSPS) is 21.4. The van der Waals surface area contributed by atoms with Crippen molar-refractivity contribution in [3.8, 4) is 0 Å². The van der Waals surface area contributed by atoms with E-state index in [4.69, 9.17) is 0 Å². The van der Waals surface area contributed by atoms with Crippen molar-refractivity contribution in [1.29, 1.82) is 0 Å².